The molecule has 0 saturated carbocycles. The van der Waals surface area contributed by atoms with Crippen molar-refractivity contribution in [1.29, 1.82) is 0 Å². The third-order valence-electron chi connectivity index (χ3n) is 26.6. The fraction of sp³-hybridized carbons (Fsp3) is 0.353. The lowest BCUT2D eigenvalue weighted by molar-refractivity contribution is 0.0662. The molecule has 25 rings (SSSR count). The van der Waals surface area contributed by atoms with E-state index in [0.717, 1.165) is 348 Å². The number of likely N-dealkylation sites (N-methyl/N-ethyl adjacent to an activating group) is 1. The quantitative estimate of drug-likeness (QED) is 0.0551. The molecule has 0 spiro atoms. The Bertz CT molecular complexity index is 6960. The maximum Gasteiger partial charge on any atom is 0.216 e. The third-order valence-corrected chi connectivity index (χ3v) is 26.6. The summed E-state index contributed by atoms with van der Waals surface area (Å²) in [5.41, 5.74) is 22.2. The Morgan fingerprint density at radius 2 is 0.869 bits per heavy atom. The molecule has 4 fully saturated rings. The van der Waals surface area contributed by atoms with Gasteiger partial charge in [-0.25, -0.2) is 54.8 Å². The summed E-state index contributed by atoms with van der Waals surface area (Å²) in [5, 5.41) is 18.4. The van der Waals surface area contributed by atoms with Crippen LogP contribution in [0.5, 0.6) is 34.9 Å². The van der Waals surface area contributed by atoms with E-state index in [-0.39, 0.29) is 6.04 Å². The number of aryl methyl sites for hydroxylation is 4. The van der Waals surface area contributed by atoms with Gasteiger partial charge >= 0.3 is 0 Å². The van der Waals surface area contributed by atoms with E-state index in [1.165, 1.54) is 11.3 Å². The highest BCUT2D eigenvalue weighted by Crippen LogP contribution is 2.42. The number of pyridine rings is 3. The van der Waals surface area contributed by atoms with Crippen molar-refractivity contribution in [3.63, 3.8) is 0 Å². The average molecular weight is 1840 g/mol. The van der Waals surface area contributed by atoms with Crippen molar-refractivity contribution in [2.45, 2.75) is 83.2 Å². The number of rotatable bonds is 20. The number of imidazole rings is 4. The second kappa shape index (κ2) is 40.0. The second-order valence-electron chi connectivity index (χ2n) is 35.4. The standard InChI is InChI=1S/C28H33N7O3.C27H30N6O.C25H24N6O3.C22H23N7O2/c1-36-15-13-33-9-11-34(12-10-33)24-6-5-22(17-25(24)37-2)31-26-27-29-7-8-35(27)19-23(32-26)21-16-20-4-3-14-38-28(20)30-18-21;1-2-31-13-15-32(16-14-31)23-8-6-22(7-9-23)29-26-27-28-11-12-33(27)19-24(30-26)20-5-10-25-21(18-20)4-3-17-34-25;1-2-16-10-17(12-27-25(16)33-8-1)20-13-30-6-5-26-24(30)23(29-20)28-18-3-4-21-22(11-18)34-15-19-14-32-9-7-31(19)21;1-2-15-10-16(11-24-22(15)31-7-1)19-14-28-6-5-23-21(28)20(27-19)26-17-12-25-29(13-17)18-3-8-30-9-4-18/h5-8,16-19H,3-4,9-15H2,1-2H3,(H,31,32);5-12,18-19H,2-4,13-17H2,1H3,(H,29,30);3-6,10-13,19H,1-2,7-9,14-15H2,(H,28,29);5-6,10-14,18H,1-4,7-9H2,(H,26,27)/t;;19-;/m..1./s1. The van der Waals surface area contributed by atoms with Gasteiger partial charge in [-0.15, -0.1) is 0 Å². The van der Waals surface area contributed by atoms with Crippen LogP contribution in [0.25, 0.3) is 67.6 Å². The van der Waals surface area contributed by atoms with Gasteiger partial charge in [0.1, 0.15) is 23.9 Å². The van der Waals surface area contributed by atoms with Gasteiger partial charge < -0.3 is 101 Å². The fourth-order valence-electron chi connectivity index (χ4n) is 19.1. The Balaban J connectivity index is 0.000000106. The van der Waals surface area contributed by atoms with Gasteiger partial charge in [0.25, 0.3) is 0 Å². The van der Waals surface area contributed by atoms with Gasteiger partial charge in [0, 0.05) is 259 Å². The van der Waals surface area contributed by atoms with Gasteiger partial charge in [-0.05, 0) is 161 Å². The smallest absolute Gasteiger partial charge is 0.216 e. The van der Waals surface area contributed by atoms with Crippen LogP contribution in [0.1, 0.15) is 73.7 Å². The van der Waals surface area contributed by atoms with Gasteiger partial charge in [-0.2, -0.15) is 5.10 Å². The van der Waals surface area contributed by atoms with E-state index in [0.29, 0.717) is 36.7 Å². The van der Waals surface area contributed by atoms with Crippen molar-refractivity contribution >= 4 is 85.7 Å². The highest BCUT2D eigenvalue weighted by molar-refractivity contribution is 5.81. The van der Waals surface area contributed by atoms with Crippen LogP contribution in [0.2, 0.25) is 0 Å². The van der Waals surface area contributed by atoms with E-state index in [2.05, 4.69) is 178 Å². The molecule has 16 aromatic rings. The number of hydrogen-bond acceptors (Lipinski definition) is 30. The van der Waals surface area contributed by atoms with Gasteiger partial charge in [0.05, 0.1) is 111 Å². The zero-order valence-electron chi connectivity index (χ0n) is 77.1. The highest BCUT2D eigenvalue weighted by atomic mass is 16.5. The number of hydrogen-bond donors (Lipinski definition) is 4. The molecule has 9 aliphatic heterocycles. The van der Waals surface area contributed by atoms with Crippen LogP contribution in [0.4, 0.5) is 63.1 Å². The van der Waals surface area contributed by atoms with Crippen LogP contribution < -0.4 is 64.4 Å². The van der Waals surface area contributed by atoms with Crippen LogP contribution in [0.15, 0.2) is 202 Å². The molecule has 9 aliphatic rings. The zero-order valence-corrected chi connectivity index (χ0v) is 77.1. The molecule has 4 N–H and O–H groups in total. The highest BCUT2D eigenvalue weighted by Gasteiger charge is 2.32. The number of nitrogens with zero attached hydrogens (tertiary/aromatic N) is 22. The summed E-state index contributed by atoms with van der Waals surface area (Å²) in [7, 11) is 3.47. The molecule has 4 aromatic carbocycles. The normalized spacial score (nSPS) is 16.9. The zero-order chi connectivity index (χ0) is 91.9. The first-order valence-corrected chi connectivity index (χ1v) is 47.6. The lowest BCUT2D eigenvalue weighted by Crippen LogP contribution is -2.51. The summed E-state index contributed by atoms with van der Waals surface area (Å²) in [6.45, 7) is 20.9. The summed E-state index contributed by atoms with van der Waals surface area (Å²) in [4.78, 5) is 63.5. The molecule has 4 saturated heterocycles. The summed E-state index contributed by atoms with van der Waals surface area (Å²) in [6.07, 6.45) is 42.2. The minimum Gasteiger partial charge on any atom is -0.495 e. The average Bonchev–Trinajstić information content (AvgIpc) is 1.77. The van der Waals surface area contributed by atoms with E-state index in [1.807, 2.05) is 121 Å². The molecule has 0 aliphatic carbocycles. The van der Waals surface area contributed by atoms with Crippen molar-refractivity contribution in [3.05, 3.63) is 225 Å². The predicted molar refractivity (Wildman–Crippen MR) is 525 cm³/mol. The number of aromatic nitrogens is 17. The summed E-state index contributed by atoms with van der Waals surface area (Å²) in [6, 6.07) is 34.5. The van der Waals surface area contributed by atoms with Crippen molar-refractivity contribution in [3.8, 4) is 79.9 Å². The summed E-state index contributed by atoms with van der Waals surface area (Å²) < 4.78 is 61.0. The maximum atomic E-state index is 6.07. The van der Waals surface area contributed by atoms with Crippen molar-refractivity contribution < 1.29 is 42.6 Å². The Kier molecular flexibility index (Phi) is 25.6. The van der Waals surface area contributed by atoms with Crippen LogP contribution >= 0.6 is 0 Å². The Hall–Kier alpha value is -14.8. The van der Waals surface area contributed by atoms with Crippen LogP contribution in [0.3, 0.4) is 0 Å². The van der Waals surface area contributed by atoms with E-state index >= 15 is 0 Å². The molecular weight excluding hydrogens is 1730 g/mol. The first-order valence-electron chi connectivity index (χ1n) is 47.6. The van der Waals surface area contributed by atoms with Gasteiger partial charge in [-0.3, -0.25) is 9.58 Å². The number of nitrogens with one attached hydrogen (secondary N) is 4. The molecule has 21 heterocycles. The molecule has 35 heteroatoms. The second-order valence-corrected chi connectivity index (χ2v) is 35.4. The fourth-order valence-corrected chi connectivity index (χ4v) is 19.1. The van der Waals surface area contributed by atoms with Crippen LogP contribution in [-0.4, -0.2) is 250 Å². The van der Waals surface area contributed by atoms with E-state index in [1.54, 1.807) is 32.8 Å². The maximum absolute atomic E-state index is 6.07. The Morgan fingerprint density at radius 3 is 1.41 bits per heavy atom. The van der Waals surface area contributed by atoms with Crippen molar-refractivity contribution in [2.24, 2.45) is 0 Å². The SMILES string of the molecule is CCN1CCN(c2ccc(Nc3nc(-c4ccc5c(c4)CCCO5)cn4ccnc34)cc2)CC1.COCCN1CCN(c2ccc(Nc3nc(-c4cnc5c(c4)CCCO5)cn4ccnc34)cc2OC)CC1.c1cn2cc(-c3cnc4c(c3)CCCO4)nc(Nc3ccc4c(c3)OC[C@H]3COCCN43)c2n1.c1cn2cc(-c3cnc4c(c3)CCCO4)nc(Nc3cnn(C4CCOCC4)c3)c2n1. The van der Waals surface area contributed by atoms with Crippen molar-refractivity contribution in [2.75, 3.05) is 188 Å². The molecule has 702 valence electrons. The van der Waals surface area contributed by atoms with E-state index < -0.39 is 0 Å². The molecule has 0 bridgehead atoms. The number of fused-ring (bicyclic) bond motifs is 11. The first-order chi connectivity index (χ1) is 67.6. The Morgan fingerprint density at radius 1 is 0.387 bits per heavy atom. The van der Waals surface area contributed by atoms with Gasteiger partial charge in [0.15, 0.2) is 45.9 Å². The van der Waals surface area contributed by atoms with E-state index in [9.17, 15) is 0 Å². The minimum absolute atomic E-state index is 0.276. The Labute approximate surface area is 792 Å². The van der Waals surface area contributed by atoms with E-state index in [4.69, 9.17) is 62.6 Å². The first kappa shape index (κ1) is 87.6. The lowest BCUT2D eigenvalue weighted by atomic mass is 10.0. The third kappa shape index (κ3) is 19.4. The number of piperazine rings is 2. The molecule has 137 heavy (non-hydrogen) atoms. The number of morpholine rings is 1. The lowest BCUT2D eigenvalue weighted by Gasteiger charge is -2.41. The molecule has 1 atom stereocenters. The van der Waals surface area contributed by atoms with Crippen molar-refractivity contribution in [1.82, 2.24) is 92.0 Å². The molecule has 12 aromatic heterocycles. The summed E-state index contributed by atoms with van der Waals surface area (Å²) >= 11 is 0. The van der Waals surface area contributed by atoms with Gasteiger partial charge in [0.2, 0.25) is 17.6 Å². The molecule has 35 nitrogen and oxygen atoms in total. The van der Waals surface area contributed by atoms with Gasteiger partial charge in [-0.1, -0.05) is 6.92 Å². The molecule has 0 unspecified atom stereocenters. The number of methoxy groups -OCH3 is 2. The number of benzene rings is 4. The number of anilines is 11. The predicted octanol–water partition coefficient (Wildman–Crippen LogP) is 15.1. The topological polar surface area (TPSA) is 325 Å². The molecular formula is C102H110N26O9. The van der Waals surface area contributed by atoms with Crippen LogP contribution in [0, 0.1) is 0 Å². The molecule has 0 radical (unpaired) electrons. The summed E-state index contributed by atoms with van der Waals surface area (Å²) in [5.74, 6) is 7.67. The number of ether oxygens (including phenoxy) is 9. The van der Waals surface area contributed by atoms with Crippen LogP contribution in [-0.2, 0) is 39.9 Å². The largest absolute Gasteiger partial charge is 0.495 e. The minimum atomic E-state index is 0.276. The molecule has 0 amide bonds. The monoisotopic (exact) mass is 1840 g/mol.